The third-order valence-corrected chi connectivity index (χ3v) is 2.49. The molecule has 0 aliphatic heterocycles. The van der Waals surface area contributed by atoms with E-state index < -0.39 is 0 Å². The first-order valence-electron chi connectivity index (χ1n) is 4.70. The minimum absolute atomic E-state index is 0.459. The van der Waals surface area contributed by atoms with Gasteiger partial charge in [-0.3, -0.25) is 4.68 Å². The van der Waals surface area contributed by atoms with Crippen molar-refractivity contribution in [1.82, 2.24) is 30.0 Å². The van der Waals surface area contributed by atoms with Gasteiger partial charge in [-0.1, -0.05) is 17.2 Å². The van der Waals surface area contributed by atoms with Crippen LogP contribution in [0.25, 0.3) is 0 Å². The Labute approximate surface area is 91.9 Å². The summed E-state index contributed by atoms with van der Waals surface area (Å²) in [6.07, 6.45) is 2.90. The van der Waals surface area contributed by atoms with Crippen LogP contribution in [0.15, 0.2) is 6.20 Å². The molecule has 0 aromatic carbocycles. The van der Waals surface area contributed by atoms with Crippen LogP contribution in [0, 0.1) is 4.77 Å². The molecule has 2 aromatic rings. The minimum Gasteiger partial charge on any atom is -0.275 e. The number of hydrogen-bond donors (Lipinski definition) is 1. The van der Waals surface area contributed by atoms with Crippen molar-refractivity contribution in [2.75, 3.05) is 0 Å². The molecule has 0 saturated carbocycles. The van der Waals surface area contributed by atoms with Crippen molar-refractivity contribution in [2.24, 2.45) is 7.05 Å². The molecule has 0 spiro atoms. The van der Waals surface area contributed by atoms with Crippen molar-refractivity contribution >= 4 is 12.2 Å². The molecule has 0 fully saturated rings. The van der Waals surface area contributed by atoms with Gasteiger partial charge in [0.2, 0.25) is 4.77 Å². The lowest BCUT2D eigenvalue weighted by atomic mass is 10.2. The maximum absolute atomic E-state index is 5.00. The Morgan fingerprint density at radius 1 is 1.53 bits per heavy atom. The summed E-state index contributed by atoms with van der Waals surface area (Å²) in [7, 11) is 1.91. The van der Waals surface area contributed by atoms with Gasteiger partial charge in [0.25, 0.3) is 0 Å². The Balaban J connectivity index is 2.31. The fourth-order valence-electron chi connectivity index (χ4n) is 1.50. The summed E-state index contributed by atoms with van der Waals surface area (Å²) in [5, 5.41) is 14.4. The van der Waals surface area contributed by atoms with E-state index in [-0.39, 0.29) is 0 Å². The first kappa shape index (κ1) is 10.0. The topological polar surface area (TPSA) is 64.3 Å². The Morgan fingerprint density at radius 2 is 2.33 bits per heavy atom. The molecule has 0 amide bonds. The van der Waals surface area contributed by atoms with Crippen molar-refractivity contribution in [3.8, 4) is 0 Å². The fraction of sp³-hybridized carbons (Fsp3) is 0.500. The third-order valence-electron chi connectivity index (χ3n) is 2.19. The highest BCUT2D eigenvalue weighted by Gasteiger charge is 2.07. The molecule has 2 heterocycles. The lowest BCUT2D eigenvalue weighted by Crippen LogP contribution is -2.03. The first-order chi connectivity index (χ1) is 7.20. The Bertz CT molecular complexity index is 507. The molecule has 15 heavy (non-hydrogen) atoms. The molecular formula is C8H12N6S. The Hall–Kier alpha value is -1.50. The second-order valence-electron chi connectivity index (χ2n) is 3.30. The van der Waals surface area contributed by atoms with Gasteiger partial charge in [-0.2, -0.15) is 10.3 Å². The van der Waals surface area contributed by atoms with Crippen LogP contribution in [0.4, 0.5) is 0 Å². The van der Waals surface area contributed by atoms with E-state index in [2.05, 4.69) is 27.5 Å². The van der Waals surface area contributed by atoms with Gasteiger partial charge in [-0.25, -0.2) is 4.68 Å². The highest BCUT2D eigenvalue weighted by molar-refractivity contribution is 7.71. The fourth-order valence-corrected chi connectivity index (χ4v) is 1.65. The summed E-state index contributed by atoms with van der Waals surface area (Å²) in [5.74, 6) is 0. The number of rotatable bonds is 3. The van der Waals surface area contributed by atoms with Crippen LogP contribution in [0.3, 0.4) is 0 Å². The molecule has 0 radical (unpaired) electrons. The maximum atomic E-state index is 5.00. The molecule has 7 heteroatoms. The molecule has 1 N–H and O–H groups in total. The van der Waals surface area contributed by atoms with Gasteiger partial charge in [0, 0.05) is 18.8 Å². The van der Waals surface area contributed by atoms with Crippen LogP contribution < -0.4 is 0 Å². The second-order valence-corrected chi connectivity index (χ2v) is 3.66. The van der Waals surface area contributed by atoms with Crippen LogP contribution in [0.5, 0.6) is 0 Å². The number of aromatic amines is 1. The van der Waals surface area contributed by atoms with Crippen LogP contribution >= 0.6 is 12.2 Å². The lowest BCUT2D eigenvalue weighted by molar-refractivity contribution is 0.638. The summed E-state index contributed by atoms with van der Waals surface area (Å²) in [4.78, 5) is 0. The first-order valence-corrected chi connectivity index (χ1v) is 5.10. The summed E-state index contributed by atoms with van der Waals surface area (Å²) in [6, 6.07) is 0. The number of tetrazole rings is 1. The highest BCUT2D eigenvalue weighted by atomic mass is 32.1. The summed E-state index contributed by atoms with van der Waals surface area (Å²) in [6.45, 7) is 2.72. The highest BCUT2D eigenvalue weighted by Crippen LogP contribution is 2.08. The number of aromatic nitrogens is 6. The molecule has 0 unspecified atom stereocenters. The predicted octanol–water partition coefficient (Wildman–Crippen LogP) is 0.680. The molecule has 6 nitrogen and oxygen atoms in total. The molecule has 2 aromatic heterocycles. The van der Waals surface area contributed by atoms with Crippen LogP contribution in [0.1, 0.15) is 18.2 Å². The van der Waals surface area contributed by atoms with Crippen molar-refractivity contribution in [2.45, 2.75) is 19.9 Å². The number of hydrogen-bond acceptors (Lipinski definition) is 4. The number of nitrogens with one attached hydrogen (secondary N) is 1. The zero-order valence-corrected chi connectivity index (χ0v) is 9.45. The molecule has 0 aliphatic rings. The van der Waals surface area contributed by atoms with Crippen molar-refractivity contribution in [3.05, 3.63) is 22.2 Å². The lowest BCUT2D eigenvalue weighted by Gasteiger charge is -1.99. The standard InChI is InChI=1S/C8H12N6S/c1-3-7-6(4-13(2)10-7)5-14-8(15)9-11-12-14/h4H,3,5H2,1-2H3,(H,9,12,15). The Kier molecular flexibility index (Phi) is 2.63. The van der Waals surface area contributed by atoms with Crippen molar-refractivity contribution in [1.29, 1.82) is 0 Å². The van der Waals surface area contributed by atoms with E-state index in [4.69, 9.17) is 12.2 Å². The molecule has 0 aliphatic carbocycles. The van der Waals surface area contributed by atoms with Gasteiger partial charge in [0.1, 0.15) is 0 Å². The van der Waals surface area contributed by atoms with E-state index in [1.54, 1.807) is 4.68 Å². The van der Waals surface area contributed by atoms with E-state index in [0.717, 1.165) is 17.7 Å². The molecular weight excluding hydrogens is 212 g/mol. The van der Waals surface area contributed by atoms with E-state index >= 15 is 0 Å². The van der Waals surface area contributed by atoms with Gasteiger partial charge >= 0.3 is 0 Å². The number of H-pyrrole nitrogens is 1. The van der Waals surface area contributed by atoms with Crippen LogP contribution in [0.2, 0.25) is 0 Å². The largest absolute Gasteiger partial charge is 0.275 e. The SMILES string of the molecule is CCc1nn(C)cc1Cn1[nH]nnc1=S. The van der Waals surface area contributed by atoms with Gasteiger partial charge in [0.05, 0.1) is 12.2 Å². The summed E-state index contributed by atoms with van der Waals surface area (Å²) >= 11 is 5.00. The van der Waals surface area contributed by atoms with Gasteiger partial charge in [-0.05, 0) is 18.6 Å². The van der Waals surface area contributed by atoms with E-state index in [1.807, 2.05) is 17.9 Å². The summed E-state index contributed by atoms with van der Waals surface area (Å²) in [5.41, 5.74) is 2.22. The monoisotopic (exact) mass is 224 g/mol. The molecule has 0 bridgehead atoms. The second kappa shape index (κ2) is 3.93. The van der Waals surface area contributed by atoms with Gasteiger partial charge in [0.15, 0.2) is 0 Å². The van der Waals surface area contributed by atoms with Crippen molar-refractivity contribution in [3.63, 3.8) is 0 Å². The normalized spacial score (nSPS) is 10.8. The molecule has 0 atom stereocenters. The van der Waals surface area contributed by atoms with E-state index in [1.165, 1.54) is 0 Å². The Morgan fingerprint density at radius 3 is 2.93 bits per heavy atom. The van der Waals surface area contributed by atoms with Gasteiger partial charge in [-0.15, -0.1) is 0 Å². The van der Waals surface area contributed by atoms with Crippen LogP contribution in [-0.2, 0) is 20.0 Å². The van der Waals surface area contributed by atoms with Crippen LogP contribution in [-0.4, -0.2) is 30.0 Å². The zero-order valence-electron chi connectivity index (χ0n) is 8.64. The summed E-state index contributed by atoms with van der Waals surface area (Å²) < 4.78 is 3.98. The number of aryl methyl sites for hydroxylation is 2. The average Bonchev–Trinajstić information content (AvgIpc) is 2.75. The quantitative estimate of drug-likeness (QED) is 0.779. The molecule has 2 rings (SSSR count). The van der Waals surface area contributed by atoms with Gasteiger partial charge < -0.3 is 0 Å². The molecule has 0 saturated heterocycles. The maximum Gasteiger partial charge on any atom is 0.238 e. The van der Waals surface area contributed by atoms with Crippen molar-refractivity contribution < 1.29 is 0 Å². The third kappa shape index (κ3) is 1.96. The molecule has 80 valence electrons. The number of nitrogens with zero attached hydrogens (tertiary/aromatic N) is 5. The predicted molar refractivity (Wildman–Crippen MR) is 56.9 cm³/mol. The van der Waals surface area contributed by atoms with E-state index in [9.17, 15) is 0 Å². The minimum atomic E-state index is 0.459. The van der Waals surface area contributed by atoms with E-state index in [0.29, 0.717) is 11.3 Å². The zero-order chi connectivity index (χ0) is 10.8. The smallest absolute Gasteiger partial charge is 0.238 e. The average molecular weight is 224 g/mol.